The fourth-order valence-electron chi connectivity index (χ4n) is 3.45. The van der Waals surface area contributed by atoms with E-state index < -0.39 is 0 Å². The number of unbranched alkanes of at least 4 members (excludes halogenated alkanes) is 2. The molecule has 0 amide bonds. The van der Waals surface area contributed by atoms with Crippen LogP contribution in [0.4, 0.5) is 0 Å². The Morgan fingerprint density at radius 3 is 2.16 bits per heavy atom. The second kappa shape index (κ2) is 9.27. The minimum absolute atomic E-state index is 0.0619. The maximum Gasteiger partial charge on any atom is 0.265 e. The van der Waals surface area contributed by atoms with Gasteiger partial charge in [-0.1, -0.05) is 23.5 Å². The quantitative estimate of drug-likeness (QED) is 0.212. The van der Waals surface area contributed by atoms with Gasteiger partial charge in [-0.05, 0) is 31.8 Å². The smallest absolute Gasteiger partial charge is 0.265 e. The average molecular weight is 461 g/mol. The van der Waals surface area contributed by atoms with Crippen LogP contribution >= 0.6 is 23.5 Å². The van der Waals surface area contributed by atoms with Crippen molar-refractivity contribution in [1.29, 1.82) is 0 Å². The lowest BCUT2D eigenvalue weighted by Gasteiger charge is -2.07. The van der Waals surface area contributed by atoms with Gasteiger partial charge in [-0.25, -0.2) is 19.3 Å². The molecule has 0 aromatic carbocycles. The lowest BCUT2D eigenvalue weighted by molar-refractivity contribution is 0.398. The first-order valence-corrected chi connectivity index (χ1v) is 12.3. The van der Waals surface area contributed by atoms with Crippen molar-refractivity contribution >= 4 is 45.6 Å². The monoisotopic (exact) mass is 460 g/mol. The highest BCUT2D eigenvalue weighted by Gasteiger charge is 2.14. The van der Waals surface area contributed by atoms with E-state index in [2.05, 4.69) is 25.1 Å². The van der Waals surface area contributed by atoms with Crippen LogP contribution in [-0.4, -0.2) is 58.7 Å². The zero-order valence-corrected chi connectivity index (χ0v) is 19.5. The van der Waals surface area contributed by atoms with Gasteiger partial charge in [-0.3, -0.25) is 9.36 Å². The molecular formula is C19H24N8O2S2. The summed E-state index contributed by atoms with van der Waals surface area (Å²) in [5.41, 5.74) is 1.38. The molecular weight excluding hydrogens is 436 g/mol. The molecule has 31 heavy (non-hydrogen) atoms. The summed E-state index contributed by atoms with van der Waals surface area (Å²) in [5, 5.41) is 11.6. The first kappa shape index (κ1) is 21.6. The fraction of sp³-hybridized carbons (Fsp3) is 0.474. The number of ether oxygens (including phenoxy) is 1. The molecule has 164 valence electrons. The third-order valence-corrected chi connectivity index (χ3v) is 6.35. The SMILES string of the molecule is COc1nc(SC)nc2c1cnn2CCCCCn1ncc2c(=O)n(C)c(SC)nc21. The molecule has 0 aliphatic heterocycles. The van der Waals surface area contributed by atoms with E-state index in [0.717, 1.165) is 36.8 Å². The first-order chi connectivity index (χ1) is 15.1. The lowest BCUT2D eigenvalue weighted by atomic mass is 10.2. The van der Waals surface area contributed by atoms with E-state index in [9.17, 15) is 4.79 Å². The van der Waals surface area contributed by atoms with Crippen LogP contribution in [-0.2, 0) is 20.1 Å². The van der Waals surface area contributed by atoms with E-state index in [1.54, 1.807) is 31.1 Å². The number of rotatable bonds is 9. The van der Waals surface area contributed by atoms with Crippen molar-refractivity contribution in [2.45, 2.75) is 42.7 Å². The summed E-state index contributed by atoms with van der Waals surface area (Å²) >= 11 is 2.93. The predicted molar refractivity (Wildman–Crippen MR) is 122 cm³/mol. The molecule has 0 bridgehead atoms. The Labute approximate surface area is 187 Å². The number of aromatic nitrogens is 8. The van der Waals surface area contributed by atoms with Crippen molar-refractivity contribution in [3.8, 4) is 5.88 Å². The maximum atomic E-state index is 12.5. The summed E-state index contributed by atoms with van der Waals surface area (Å²) in [6.45, 7) is 1.47. The average Bonchev–Trinajstić information content (AvgIpc) is 3.39. The van der Waals surface area contributed by atoms with Gasteiger partial charge in [0.1, 0.15) is 10.8 Å². The minimum atomic E-state index is -0.0619. The molecule has 0 atom stereocenters. The van der Waals surface area contributed by atoms with E-state index in [1.807, 2.05) is 21.9 Å². The molecule has 4 aromatic heterocycles. The number of thioether (sulfide) groups is 2. The van der Waals surface area contributed by atoms with E-state index in [-0.39, 0.29) is 5.56 Å². The molecule has 12 heteroatoms. The van der Waals surface area contributed by atoms with Crippen molar-refractivity contribution in [2.75, 3.05) is 19.6 Å². The molecule has 10 nitrogen and oxygen atoms in total. The highest BCUT2D eigenvalue weighted by Crippen LogP contribution is 2.25. The molecule has 4 rings (SSSR count). The number of hydrogen-bond acceptors (Lipinski definition) is 9. The Morgan fingerprint density at radius 1 is 0.903 bits per heavy atom. The lowest BCUT2D eigenvalue weighted by Crippen LogP contribution is -2.20. The molecule has 0 saturated heterocycles. The van der Waals surface area contributed by atoms with Gasteiger partial charge in [0.05, 0.1) is 19.5 Å². The normalized spacial score (nSPS) is 11.6. The number of hydrogen-bond donors (Lipinski definition) is 0. The number of methoxy groups -OCH3 is 1. The van der Waals surface area contributed by atoms with Crippen LogP contribution in [0.5, 0.6) is 5.88 Å². The van der Waals surface area contributed by atoms with Gasteiger partial charge in [0.15, 0.2) is 21.6 Å². The van der Waals surface area contributed by atoms with Crippen LogP contribution in [0.3, 0.4) is 0 Å². The second-order valence-electron chi connectivity index (χ2n) is 6.95. The Balaban J connectivity index is 1.40. The van der Waals surface area contributed by atoms with Crippen molar-refractivity contribution in [3.63, 3.8) is 0 Å². The molecule has 0 saturated carbocycles. The molecule has 0 N–H and O–H groups in total. The van der Waals surface area contributed by atoms with Crippen molar-refractivity contribution in [2.24, 2.45) is 7.05 Å². The van der Waals surface area contributed by atoms with Gasteiger partial charge in [0.25, 0.3) is 5.56 Å². The number of aryl methyl sites for hydroxylation is 2. The standard InChI is InChI=1S/C19H24N8O2S2/c1-25-17(28)13-11-21-27(15(13)23-19(25)31-4)9-7-5-6-8-26-14-12(10-20-26)16(29-2)24-18(22-14)30-3/h10-11H,5-9H2,1-4H3. The zero-order chi connectivity index (χ0) is 22.0. The molecule has 0 aliphatic rings. The fourth-order valence-corrected chi connectivity index (χ4v) is 4.33. The van der Waals surface area contributed by atoms with Crippen LogP contribution in [0.1, 0.15) is 19.3 Å². The van der Waals surface area contributed by atoms with Gasteiger partial charge >= 0.3 is 0 Å². The summed E-state index contributed by atoms with van der Waals surface area (Å²) in [7, 11) is 3.34. The number of fused-ring (bicyclic) bond motifs is 2. The summed E-state index contributed by atoms with van der Waals surface area (Å²) in [6.07, 6.45) is 10.1. The van der Waals surface area contributed by atoms with Gasteiger partial charge in [0.2, 0.25) is 5.88 Å². The first-order valence-electron chi connectivity index (χ1n) is 9.85. The van der Waals surface area contributed by atoms with E-state index in [4.69, 9.17) is 4.74 Å². The Hall–Kier alpha value is -2.60. The highest BCUT2D eigenvalue weighted by atomic mass is 32.2. The largest absolute Gasteiger partial charge is 0.480 e. The van der Waals surface area contributed by atoms with Gasteiger partial charge in [-0.15, -0.1) is 0 Å². The summed E-state index contributed by atoms with van der Waals surface area (Å²) in [4.78, 5) is 26.0. The van der Waals surface area contributed by atoms with E-state index >= 15 is 0 Å². The molecule has 0 unspecified atom stereocenters. The Morgan fingerprint density at radius 2 is 1.55 bits per heavy atom. The summed E-state index contributed by atoms with van der Waals surface area (Å²) in [5.74, 6) is 0.550. The summed E-state index contributed by atoms with van der Waals surface area (Å²) < 4.78 is 10.7. The molecule has 0 fully saturated rings. The van der Waals surface area contributed by atoms with Crippen molar-refractivity contribution in [3.05, 3.63) is 22.7 Å². The second-order valence-corrected chi connectivity index (χ2v) is 8.50. The topological polar surface area (TPSA) is 106 Å². The van der Waals surface area contributed by atoms with Gasteiger partial charge in [-0.2, -0.15) is 15.2 Å². The molecule has 0 radical (unpaired) electrons. The van der Waals surface area contributed by atoms with Gasteiger partial charge < -0.3 is 4.74 Å². The highest BCUT2D eigenvalue weighted by molar-refractivity contribution is 7.98. The third-order valence-electron chi connectivity index (χ3n) is 5.07. The molecule has 0 spiro atoms. The zero-order valence-electron chi connectivity index (χ0n) is 17.9. The Bertz CT molecular complexity index is 1280. The maximum absolute atomic E-state index is 12.5. The summed E-state index contributed by atoms with van der Waals surface area (Å²) in [6, 6.07) is 0. The van der Waals surface area contributed by atoms with E-state index in [0.29, 0.717) is 33.8 Å². The van der Waals surface area contributed by atoms with Crippen LogP contribution < -0.4 is 10.3 Å². The predicted octanol–water partition coefficient (Wildman–Crippen LogP) is 2.59. The van der Waals surface area contributed by atoms with Crippen LogP contribution in [0.25, 0.3) is 22.1 Å². The minimum Gasteiger partial charge on any atom is -0.480 e. The molecule has 0 aliphatic carbocycles. The van der Waals surface area contributed by atoms with Crippen molar-refractivity contribution in [1.82, 2.24) is 39.1 Å². The molecule has 4 aromatic rings. The third kappa shape index (κ3) is 4.13. The Kier molecular flexibility index (Phi) is 6.46. The van der Waals surface area contributed by atoms with Crippen molar-refractivity contribution < 1.29 is 4.74 Å². The van der Waals surface area contributed by atoms with Crippen LogP contribution in [0.15, 0.2) is 27.5 Å². The number of nitrogens with zero attached hydrogens (tertiary/aromatic N) is 8. The molecule has 4 heterocycles. The van der Waals surface area contributed by atoms with E-state index in [1.165, 1.54) is 23.5 Å². The van der Waals surface area contributed by atoms with Gasteiger partial charge in [0, 0.05) is 20.1 Å². The van der Waals surface area contributed by atoms with Crippen LogP contribution in [0, 0.1) is 0 Å². The van der Waals surface area contributed by atoms with Crippen LogP contribution in [0.2, 0.25) is 0 Å².